The zero-order valence-electron chi connectivity index (χ0n) is 11.2. The fourth-order valence-corrected chi connectivity index (χ4v) is 1.65. The molecule has 0 spiro atoms. The zero-order chi connectivity index (χ0) is 12.5. The third-order valence-corrected chi connectivity index (χ3v) is 2.66. The van der Waals surface area contributed by atoms with Gasteiger partial charge in [0.2, 0.25) is 0 Å². The minimum atomic E-state index is -0.0736. The molecule has 0 amide bonds. The summed E-state index contributed by atoms with van der Waals surface area (Å²) in [5.41, 5.74) is 1.28. The minimum Gasteiger partial charge on any atom is -1.00 e. The van der Waals surface area contributed by atoms with Gasteiger partial charge in [0.25, 0.3) is 0 Å². The molecule has 1 aromatic heterocycles. The van der Waals surface area contributed by atoms with E-state index in [4.69, 9.17) is 4.74 Å². The average Bonchev–Trinajstić information content (AvgIpc) is 2.31. The Kier molecular flexibility index (Phi) is 9.56. The number of nitrogens with zero attached hydrogens (tertiary/aromatic N) is 1. The number of esters is 1. The van der Waals surface area contributed by atoms with Crippen LogP contribution in [0.4, 0.5) is 0 Å². The van der Waals surface area contributed by atoms with E-state index in [-0.39, 0.29) is 23.0 Å². The highest BCUT2D eigenvalue weighted by molar-refractivity contribution is 5.69. The van der Waals surface area contributed by atoms with E-state index in [1.165, 1.54) is 5.56 Å². The molecule has 18 heavy (non-hydrogen) atoms. The fraction of sp³-hybridized carbons (Fsp3) is 0.571. The smallest absolute Gasteiger partial charge is 0.305 e. The highest BCUT2D eigenvalue weighted by atomic mass is 79.9. The standard InChI is InChI=1S/C14H22NO2.BrH/c1-3-17-14(16)7-5-4-6-10-15-11-8-13(2)9-12-15;/h8-9,11-12H,3-7,10H2,1-2H3;1H/q+1;/p-1. The molecular formula is C14H22BrNO2. The van der Waals surface area contributed by atoms with Crippen LogP contribution in [0, 0.1) is 6.92 Å². The van der Waals surface area contributed by atoms with Gasteiger partial charge in [-0.1, -0.05) is 0 Å². The van der Waals surface area contributed by atoms with E-state index in [9.17, 15) is 4.79 Å². The van der Waals surface area contributed by atoms with Crippen molar-refractivity contribution in [1.29, 1.82) is 0 Å². The van der Waals surface area contributed by atoms with Gasteiger partial charge in [-0.2, -0.15) is 0 Å². The molecule has 0 aliphatic rings. The van der Waals surface area contributed by atoms with Gasteiger partial charge in [-0.25, -0.2) is 4.57 Å². The summed E-state index contributed by atoms with van der Waals surface area (Å²) >= 11 is 0. The van der Waals surface area contributed by atoms with Crippen LogP contribution < -0.4 is 21.5 Å². The lowest BCUT2D eigenvalue weighted by molar-refractivity contribution is -0.697. The lowest BCUT2D eigenvalue weighted by Crippen LogP contribution is -3.00. The molecule has 0 saturated carbocycles. The number of pyridine rings is 1. The third-order valence-electron chi connectivity index (χ3n) is 2.66. The van der Waals surface area contributed by atoms with Crippen LogP contribution >= 0.6 is 0 Å². The highest BCUT2D eigenvalue weighted by Crippen LogP contribution is 2.01. The van der Waals surface area contributed by atoms with Crippen LogP contribution in [0.15, 0.2) is 24.5 Å². The number of hydrogen-bond donors (Lipinski definition) is 0. The summed E-state index contributed by atoms with van der Waals surface area (Å²) in [6, 6.07) is 4.22. The predicted molar refractivity (Wildman–Crippen MR) is 66.5 cm³/mol. The second kappa shape index (κ2) is 10.1. The van der Waals surface area contributed by atoms with Crippen LogP contribution in [0.3, 0.4) is 0 Å². The van der Waals surface area contributed by atoms with Crippen LogP contribution in [0.5, 0.6) is 0 Å². The number of aromatic nitrogens is 1. The SMILES string of the molecule is CCOC(=O)CCCCC[n+]1ccc(C)cc1.[Br-]. The maximum absolute atomic E-state index is 11.1. The first-order valence-electron chi connectivity index (χ1n) is 6.33. The van der Waals surface area contributed by atoms with Gasteiger partial charge in [-0.05, 0) is 32.3 Å². The lowest BCUT2D eigenvalue weighted by Gasteiger charge is -2.01. The Morgan fingerprint density at radius 3 is 2.50 bits per heavy atom. The number of halogens is 1. The van der Waals surface area contributed by atoms with Crippen molar-refractivity contribution in [3.05, 3.63) is 30.1 Å². The topological polar surface area (TPSA) is 30.2 Å². The Bertz CT molecular complexity index is 338. The number of aryl methyl sites for hydroxylation is 2. The quantitative estimate of drug-likeness (QED) is 0.382. The number of ether oxygens (including phenoxy) is 1. The summed E-state index contributed by atoms with van der Waals surface area (Å²) in [4.78, 5) is 11.1. The van der Waals surface area contributed by atoms with Gasteiger partial charge in [-0.3, -0.25) is 4.79 Å². The second-order valence-electron chi connectivity index (χ2n) is 4.23. The predicted octanol–water partition coefficient (Wildman–Crippen LogP) is -0.590. The summed E-state index contributed by atoms with van der Waals surface area (Å²) < 4.78 is 7.05. The van der Waals surface area contributed by atoms with E-state index in [2.05, 4.69) is 36.0 Å². The molecule has 0 aromatic carbocycles. The normalized spacial score (nSPS) is 9.67. The Labute approximate surface area is 120 Å². The van der Waals surface area contributed by atoms with Crippen LogP contribution in [0.1, 0.15) is 38.2 Å². The van der Waals surface area contributed by atoms with Crippen molar-refractivity contribution in [3.8, 4) is 0 Å². The molecule has 0 atom stereocenters. The summed E-state index contributed by atoms with van der Waals surface area (Å²) in [5.74, 6) is -0.0736. The van der Waals surface area contributed by atoms with Crippen molar-refractivity contribution >= 4 is 5.97 Å². The van der Waals surface area contributed by atoms with E-state index in [1.54, 1.807) is 0 Å². The lowest BCUT2D eigenvalue weighted by atomic mass is 10.2. The van der Waals surface area contributed by atoms with E-state index in [0.717, 1.165) is 25.8 Å². The first kappa shape index (κ1) is 17.1. The fourth-order valence-electron chi connectivity index (χ4n) is 1.65. The Morgan fingerprint density at radius 2 is 1.89 bits per heavy atom. The zero-order valence-corrected chi connectivity index (χ0v) is 12.8. The van der Waals surface area contributed by atoms with Crippen molar-refractivity contribution in [3.63, 3.8) is 0 Å². The molecule has 4 heteroatoms. The summed E-state index contributed by atoms with van der Waals surface area (Å²) in [7, 11) is 0. The first-order chi connectivity index (χ1) is 8.22. The Morgan fingerprint density at radius 1 is 1.22 bits per heavy atom. The number of carbonyl (C=O) groups is 1. The molecule has 0 aliphatic heterocycles. The average molecular weight is 316 g/mol. The largest absolute Gasteiger partial charge is 1.00 e. The number of rotatable bonds is 7. The third kappa shape index (κ3) is 7.43. The molecule has 0 radical (unpaired) electrons. The Hall–Kier alpha value is -0.900. The van der Waals surface area contributed by atoms with Gasteiger partial charge in [-0.15, -0.1) is 0 Å². The molecule has 102 valence electrons. The van der Waals surface area contributed by atoms with E-state index in [1.807, 2.05) is 6.92 Å². The molecule has 0 N–H and O–H groups in total. The van der Waals surface area contributed by atoms with E-state index < -0.39 is 0 Å². The van der Waals surface area contributed by atoms with Crippen molar-refractivity contribution in [1.82, 2.24) is 0 Å². The molecule has 1 rings (SSSR count). The van der Waals surface area contributed by atoms with Gasteiger partial charge >= 0.3 is 5.97 Å². The van der Waals surface area contributed by atoms with Crippen LogP contribution in [-0.4, -0.2) is 12.6 Å². The van der Waals surface area contributed by atoms with Gasteiger partial charge in [0, 0.05) is 25.0 Å². The summed E-state index contributed by atoms with van der Waals surface area (Å²) in [6.07, 6.45) is 7.84. The van der Waals surface area contributed by atoms with E-state index in [0.29, 0.717) is 13.0 Å². The number of hydrogen-bond acceptors (Lipinski definition) is 2. The molecule has 1 aromatic rings. The highest BCUT2D eigenvalue weighted by Gasteiger charge is 2.02. The van der Waals surface area contributed by atoms with Crippen molar-refractivity contribution in [2.75, 3.05) is 6.61 Å². The molecular weight excluding hydrogens is 294 g/mol. The summed E-state index contributed by atoms with van der Waals surface area (Å²) in [6.45, 7) is 5.43. The molecule has 0 fully saturated rings. The monoisotopic (exact) mass is 315 g/mol. The maximum Gasteiger partial charge on any atom is 0.305 e. The van der Waals surface area contributed by atoms with Crippen molar-refractivity contribution in [2.45, 2.75) is 46.1 Å². The molecule has 0 unspecified atom stereocenters. The van der Waals surface area contributed by atoms with Crippen molar-refractivity contribution < 1.29 is 31.1 Å². The second-order valence-corrected chi connectivity index (χ2v) is 4.23. The van der Waals surface area contributed by atoms with Gasteiger partial charge in [0.15, 0.2) is 12.4 Å². The van der Waals surface area contributed by atoms with E-state index >= 15 is 0 Å². The Balaban J connectivity index is 0.00000289. The van der Waals surface area contributed by atoms with Gasteiger partial charge in [0.05, 0.1) is 6.61 Å². The summed E-state index contributed by atoms with van der Waals surface area (Å²) in [5, 5.41) is 0. The molecule has 0 saturated heterocycles. The van der Waals surface area contributed by atoms with Crippen LogP contribution in [0.25, 0.3) is 0 Å². The maximum atomic E-state index is 11.1. The van der Waals surface area contributed by atoms with Crippen molar-refractivity contribution in [2.24, 2.45) is 0 Å². The molecule has 1 heterocycles. The van der Waals surface area contributed by atoms with Gasteiger partial charge < -0.3 is 21.7 Å². The number of carbonyl (C=O) groups excluding carboxylic acids is 1. The minimum absolute atomic E-state index is 0. The van der Waals surface area contributed by atoms with Crippen LogP contribution in [-0.2, 0) is 16.1 Å². The first-order valence-corrected chi connectivity index (χ1v) is 6.33. The molecule has 3 nitrogen and oxygen atoms in total. The van der Waals surface area contributed by atoms with Crippen LogP contribution in [0.2, 0.25) is 0 Å². The molecule has 0 aliphatic carbocycles. The van der Waals surface area contributed by atoms with Gasteiger partial charge in [0.1, 0.15) is 6.54 Å². The number of unbranched alkanes of at least 4 members (excludes halogenated alkanes) is 2. The molecule has 0 bridgehead atoms.